The first kappa shape index (κ1) is 24.0. The molecule has 2 aliphatic rings. The summed E-state index contributed by atoms with van der Waals surface area (Å²) < 4.78 is 6.77. The summed E-state index contributed by atoms with van der Waals surface area (Å²) >= 11 is 0. The zero-order chi connectivity index (χ0) is 27.6. The highest BCUT2D eigenvalue weighted by molar-refractivity contribution is 5.95. The molecule has 1 heterocycles. The van der Waals surface area contributed by atoms with Crippen LogP contribution in [0.5, 0.6) is 11.5 Å². The van der Waals surface area contributed by atoms with Gasteiger partial charge in [-0.1, -0.05) is 147 Å². The van der Waals surface area contributed by atoms with Crippen LogP contribution in [0.2, 0.25) is 0 Å². The van der Waals surface area contributed by atoms with E-state index >= 15 is 0 Å². The van der Waals surface area contributed by atoms with Gasteiger partial charge in [0.15, 0.2) is 0 Å². The minimum absolute atomic E-state index is 0.0736. The summed E-state index contributed by atoms with van der Waals surface area (Å²) in [5.41, 5.74) is 12.0. The van der Waals surface area contributed by atoms with Gasteiger partial charge < -0.3 is 4.74 Å². The molecule has 1 heteroatoms. The Hall–Kier alpha value is -4.88. The molecule has 0 bridgehead atoms. The summed E-state index contributed by atoms with van der Waals surface area (Å²) in [6.45, 7) is 4.69. The highest BCUT2D eigenvalue weighted by Gasteiger charge is 2.47. The Bertz CT molecular complexity index is 1890. The highest BCUT2D eigenvalue weighted by Crippen LogP contribution is 2.59. The molecule has 196 valence electrons. The van der Waals surface area contributed by atoms with E-state index in [0.29, 0.717) is 0 Å². The van der Waals surface area contributed by atoms with E-state index in [4.69, 9.17) is 4.74 Å². The van der Waals surface area contributed by atoms with Crippen molar-refractivity contribution in [1.29, 1.82) is 0 Å². The molecule has 0 N–H and O–H groups in total. The SMILES string of the molecule is CC1(C)c2ccccc2-c2c(-c3cccc4c3C(c3ccccc3)(c3ccccc3)c3ccccc3O4)cccc21. The maximum Gasteiger partial charge on any atom is 0.132 e. The van der Waals surface area contributed by atoms with Crippen LogP contribution in [-0.4, -0.2) is 0 Å². The first-order valence-corrected chi connectivity index (χ1v) is 14.4. The number of hydrogen-bond acceptors (Lipinski definition) is 1. The third-order valence-corrected chi connectivity index (χ3v) is 9.22. The van der Waals surface area contributed by atoms with Crippen molar-refractivity contribution in [2.45, 2.75) is 24.7 Å². The lowest BCUT2D eigenvalue weighted by atomic mass is 9.62. The largest absolute Gasteiger partial charge is 0.457 e. The van der Waals surface area contributed by atoms with Gasteiger partial charge in [-0.2, -0.15) is 0 Å². The van der Waals surface area contributed by atoms with Crippen LogP contribution in [0.3, 0.4) is 0 Å². The molecule has 6 aromatic carbocycles. The zero-order valence-corrected chi connectivity index (χ0v) is 23.3. The highest BCUT2D eigenvalue weighted by atomic mass is 16.5. The molecule has 6 aromatic rings. The third kappa shape index (κ3) is 3.24. The summed E-state index contributed by atoms with van der Waals surface area (Å²) in [5.74, 6) is 1.80. The van der Waals surface area contributed by atoms with E-state index in [1.165, 1.54) is 50.1 Å². The fraction of sp³-hybridized carbons (Fsp3) is 0.100. The van der Waals surface area contributed by atoms with Gasteiger partial charge in [0, 0.05) is 16.5 Å². The molecule has 0 radical (unpaired) electrons. The fourth-order valence-corrected chi connectivity index (χ4v) is 7.47. The number of para-hydroxylation sites is 1. The molecule has 1 nitrogen and oxygen atoms in total. The second-order valence-corrected chi connectivity index (χ2v) is 11.7. The van der Waals surface area contributed by atoms with Crippen LogP contribution in [0.25, 0.3) is 22.3 Å². The molecule has 41 heavy (non-hydrogen) atoms. The predicted molar refractivity (Wildman–Crippen MR) is 168 cm³/mol. The molecule has 0 atom stereocenters. The molecule has 1 aliphatic carbocycles. The smallest absolute Gasteiger partial charge is 0.132 e. The Morgan fingerprint density at radius 1 is 0.415 bits per heavy atom. The fourth-order valence-electron chi connectivity index (χ4n) is 7.47. The Kier molecular flexibility index (Phi) is 5.15. The van der Waals surface area contributed by atoms with E-state index in [-0.39, 0.29) is 5.41 Å². The molecule has 0 unspecified atom stereocenters. The average Bonchev–Trinajstić information content (AvgIpc) is 3.27. The van der Waals surface area contributed by atoms with Gasteiger partial charge in [-0.15, -0.1) is 0 Å². The van der Waals surface area contributed by atoms with Crippen LogP contribution in [0.15, 0.2) is 146 Å². The first-order chi connectivity index (χ1) is 20.1. The van der Waals surface area contributed by atoms with Crippen LogP contribution >= 0.6 is 0 Å². The quantitative estimate of drug-likeness (QED) is 0.223. The van der Waals surface area contributed by atoms with Crippen LogP contribution < -0.4 is 4.74 Å². The lowest BCUT2D eigenvalue weighted by Crippen LogP contribution is -2.34. The molecule has 1 aliphatic heterocycles. The number of hydrogen-bond donors (Lipinski definition) is 0. The molecule has 8 rings (SSSR count). The topological polar surface area (TPSA) is 9.23 Å². The number of benzene rings is 6. The summed E-state index contributed by atoms with van der Waals surface area (Å²) in [4.78, 5) is 0. The summed E-state index contributed by atoms with van der Waals surface area (Å²) in [7, 11) is 0. The molecule has 0 amide bonds. The van der Waals surface area contributed by atoms with E-state index in [1.807, 2.05) is 0 Å². The van der Waals surface area contributed by atoms with Gasteiger partial charge in [-0.05, 0) is 56.6 Å². The number of rotatable bonds is 3. The number of fused-ring (bicyclic) bond motifs is 5. The summed E-state index contributed by atoms with van der Waals surface area (Å²) in [5, 5.41) is 0. The Morgan fingerprint density at radius 3 is 1.66 bits per heavy atom. The van der Waals surface area contributed by atoms with Gasteiger partial charge in [0.2, 0.25) is 0 Å². The van der Waals surface area contributed by atoms with Gasteiger partial charge in [0.25, 0.3) is 0 Å². The normalized spacial score (nSPS) is 15.2. The zero-order valence-electron chi connectivity index (χ0n) is 23.3. The van der Waals surface area contributed by atoms with E-state index in [9.17, 15) is 0 Å². The summed E-state index contributed by atoms with van der Waals surface area (Å²) in [6.07, 6.45) is 0. The van der Waals surface area contributed by atoms with Crippen LogP contribution in [-0.2, 0) is 10.8 Å². The second-order valence-electron chi connectivity index (χ2n) is 11.7. The number of ether oxygens (including phenoxy) is 1. The molecule has 0 saturated carbocycles. The minimum Gasteiger partial charge on any atom is -0.457 e. The van der Waals surface area contributed by atoms with Crippen molar-refractivity contribution in [2.24, 2.45) is 0 Å². The van der Waals surface area contributed by atoms with Crippen molar-refractivity contribution < 1.29 is 4.74 Å². The molecule has 0 spiro atoms. The first-order valence-electron chi connectivity index (χ1n) is 14.4. The van der Waals surface area contributed by atoms with E-state index in [0.717, 1.165) is 17.1 Å². The lowest BCUT2D eigenvalue weighted by molar-refractivity contribution is 0.435. The van der Waals surface area contributed by atoms with Crippen molar-refractivity contribution in [3.8, 4) is 33.8 Å². The minimum atomic E-state index is -0.570. The van der Waals surface area contributed by atoms with Gasteiger partial charge in [0.1, 0.15) is 11.5 Å². The Morgan fingerprint density at radius 2 is 0.927 bits per heavy atom. The van der Waals surface area contributed by atoms with Gasteiger partial charge in [0.05, 0.1) is 5.41 Å². The second kappa shape index (κ2) is 8.81. The van der Waals surface area contributed by atoms with Gasteiger partial charge >= 0.3 is 0 Å². The van der Waals surface area contributed by atoms with Gasteiger partial charge in [-0.25, -0.2) is 0 Å². The van der Waals surface area contributed by atoms with Crippen molar-refractivity contribution in [2.75, 3.05) is 0 Å². The maximum atomic E-state index is 6.77. The van der Waals surface area contributed by atoms with E-state index < -0.39 is 5.41 Å². The Labute approximate surface area is 241 Å². The molecular formula is C40H30O. The van der Waals surface area contributed by atoms with Crippen LogP contribution in [0.1, 0.15) is 47.2 Å². The van der Waals surface area contributed by atoms with Gasteiger partial charge in [-0.3, -0.25) is 0 Å². The van der Waals surface area contributed by atoms with E-state index in [2.05, 4.69) is 159 Å². The summed E-state index contributed by atoms with van der Waals surface area (Å²) in [6, 6.07) is 52.7. The van der Waals surface area contributed by atoms with E-state index in [1.54, 1.807) is 0 Å². The molecule has 0 fully saturated rings. The Balaban J connectivity index is 1.54. The van der Waals surface area contributed by atoms with Crippen LogP contribution in [0, 0.1) is 0 Å². The third-order valence-electron chi connectivity index (χ3n) is 9.22. The molecular weight excluding hydrogens is 496 g/mol. The molecule has 0 saturated heterocycles. The lowest BCUT2D eigenvalue weighted by Gasteiger charge is -2.43. The van der Waals surface area contributed by atoms with Crippen LogP contribution in [0.4, 0.5) is 0 Å². The predicted octanol–water partition coefficient (Wildman–Crippen LogP) is 10.1. The average molecular weight is 527 g/mol. The maximum absolute atomic E-state index is 6.77. The van der Waals surface area contributed by atoms with Crippen molar-refractivity contribution >= 4 is 0 Å². The van der Waals surface area contributed by atoms with Crippen molar-refractivity contribution in [3.63, 3.8) is 0 Å². The van der Waals surface area contributed by atoms with Crippen molar-refractivity contribution in [3.05, 3.63) is 179 Å². The van der Waals surface area contributed by atoms with Crippen molar-refractivity contribution in [1.82, 2.24) is 0 Å². The molecule has 0 aromatic heterocycles. The standard InChI is InChI=1S/C40H30O/c1-39(2)32-22-10-9-19-31(32)37-29(20-13-24-34(37)39)30-21-14-26-36-38(30)40(27-15-5-3-6-16-27,28-17-7-4-8-18-28)33-23-11-12-25-35(33)41-36/h3-26H,1-2H3. The monoisotopic (exact) mass is 526 g/mol.